The van der Waals surface area contributed by atoms with Gasteiger partial charge in [0.2, 0.25) is 11.5 Å². The van der Waals surface area contributed by atoms with Crippen molar-refractivity contribution >= 4 is 44.8 Å². The Labute approximate surface area is 237 Å². The summed E-state index contributed by atoms with van der Waals surface area (Å²) in [5.74, 6) is 1.38. The minimum Gasteiger partial charge on any atom is -0.493 e. The number of nitrogens with one attached hydrogen (secondary N) is 2. The number of thiazole rings is 2. The Morgan fingerprint density at radius 3 is 1.18 bits per heavy atom. The number of methoxy groups -OCH3 is 6. The summed E-state index contributed by atoms with van der Waals surface area (Å²) in [5, 5.41) is 9.78. The number of hydrogen-bond acceptors (Lipinski definition) is 12. The number of amides is 2. The Morgan fingerprint density at radius 1 is 0.575 bits per heavy atom. The van der Waals surface area contributed by atoms with E-state index in [2.05, 4.69) is 20.6 Å². The predicted octanol–water partition coefficient (Wildman–Crippen LogP) is 4.82. The highest BCUT2D eigenvalue weighted by Gasteiger charge is 2.20. The molecule has 40 heavy (non-hydrogen) atoms. The Morgan fingerprint density at radius 2 is 0.900 bits per heavy atom. The lowest BCUT2D eigenvalue weighted by atomic mass is 10.1. The van der Waals surface area contributed by atoms with Crippen LogP contribution in [0.2, 0.25) is 0 Å². The summed E-state index contributed by atoms with van der Waals surface area (Å²) in [6.07, 6.45) is 0. The van der Waals surface area contributed by atoms with Gasteiger partial charge in [-0.25, -0.2) is 9.97 Å². The highest BCUT2D eigenvalue weighted by atomic mass is 32.1. The van der Waals surface area contributed by atoms with Gasteiger partial charge >= 0.3 is 0 Å². The number of carbonyl (C=O) groups excluding carboxylic acids is 2. The fraction of sp³-hybridized carbons (Fsp3) is 0.231. The highest BCUT2D eigenvalue weighted by Crippen LogP contribution is 2.39. The third kappa shape index (κ3) is 5.87. The van der Waals surface area contributed by atoms with E-state index in [9.17, 15) is 9.59 Å². The molecule has 0 aliphatic rings. The van der Waals surface area contributed by atoms with Crippen LogP contribution in [0.25, 0.3) is 11.4 Å². The third-order valence-electron chi connectivity index (χ3n) is 5.57. The standard InChI is InChI=1S/C26H26N4O8S2/c1-33-17-7-13(8-18(34-2)21(17)37-5)23(31)29-25-27-15(11-39-25)16-12-40-26(28-16)30-24(32)14-9-19(35-3)22(38-6)20(10-14)36-4/h7-12H,1-6H3,(H,27,29,31)(H,28,30,32). The average Bonchev–Trinajstić information content (AvgIpc) is 3.64. The van der Waals surface area contributed by atoms with E-state index >= 15 is 0 Å². The minimum atomic E-state index is -0.406. The lowest BCUT2D eigenvalue weighted by Gasteiger charge is -2.13. The van der Waals surface area contributed by atoms with E-state index in [1.807, 2.05) is 0 Å². The van der Waals surface area contributed by atoms with Gasteiger partial charge in [0.15, 0.2) is 33.3 Å². The van der Waals surface area contributed by atoms with Gasteiger partial charge in [-0.05, 0) is 24.3 Å². The molecule has 0 aliphatic heterocycles. The second-order valence-corrected chi connectivity index (χ2v) is 9.53. The normalized spacial score (nSPS) is 10.4. The smallest absolute Gasteiger partial charge is 0.257 e. The molecule has 2 N–H and O–H groups in total. The fourth-order valence-corrected chi connectivity index (χ4v) is 5.06. The Balaban J connectivity index is 1.47. The van der Waals surface area contributed by atoms with Crippen molar-refractivity contribution in [2.45, 2.75) is 0 Å². The van der Waals surface area contributed by atoms with Gasteiger partial charge in [-0.15, -0.1) is 22.7 Å². The summed E-state index contributed by atoms with van der Waals surface area (Å²) >= 11 is 2.47. The van der Waals surface area contributed by atoms with Crippen molar-refractivity contribution in [3.05, 3.63) is 46.2 Å². The van der Waals surface area contributed by atoms with E-state index in [-0.39, 0.29) is 0 Å². The van der Waals surface area contributed by atoms with Crippen molar-refractivity contribution in [3.63, 3.8) is 0 Å². The van der Waals surface area contributed by atoms with Crippen LogP contribution in [-0.2, 0) is 0 Å². The third-order valence-corrected chi connectivity index (χ3v) is 7.08. The number of carbonyl (C=O) groups is 2. The highest BCUT2D eigenvalue weighted by molar-refractivity contribution is 7.15. The molecule has 2 aromatic heterocycles. The first-order valence-corrected chi connectivity index (χ1v) is 13.3. The first kappa shape index (κ1) is 28.4. The second-order valence-electron chi connectivity index (χ2n) is 7.81. The predicted molar refractivity (Wildman–Crippen MR) is 151 cm³/mol. The number of aromatic nitrogens is 2. The Kier molecular flexibility index (Phi) is 8.91. The number of rotatable bonds is 11. The summed E-state index contributed by atoms with van der Waals surface area (Å²) in [6.45, 7) is 0. The molecule has 0 atom stereocenters. The molecule has 0 fully saturated rings. The van der Waals surface area contributed by atoms with Gasteiger partial charge in [0, 0.05) is 21.9 Å². The molecule has 0 spiro atoms. The molecule has 12 nitrogen and oxygen atoms in total. The van der Waals surface area contributed by atoms with E-state index in [0.29, 0.717) is 67.3 Å². The first-order chi connectivity index (χ1) is 19.3. The molecule has 210 valence electrons. The van der Waals surface area contributed by atoms with Gasteiger partial charge < -0.3 is 28.4 Å². The molecule has 0 unspecified atom stereocenters. The van der Waals surface area contributed by atoms with Crippen LogP contribution in [0.4, 0.5) is 10.3 Å². The monoisotopic (exact) mass is 586 g/mol. The van der Waals surface area contributed by atoms with Gasteiger partial charge in [-0.2, -0.15) is 0 Å². The van der Waals surface area contributed by atoms with Gasteiger partial charge in [-0.1, -0.05) is 0 Å². The zero-order valence-corrected chi connectivity index (χ0v) is 24.1. The van der Waals surface area contributed by atoms with Crippen molar-refractivity contribution in [1.82, 2.24) is 9.97 Å². The molecular weight excluding hydrogens is 560 g/mol. The van der Waals surface area contributed by atoms with Crippen molar-refractivity contribution in [2.75, 3.05) is 53.3 Å². The largest absolute Gasteiger partial charge is 0.493 e. The van der Waals surface area contributed by atoms with Crippen molar-refractivity contribution in [3.8, 4) is 45.9 Å². The molecule has 0 radical (unpaired) electrons. The van der Waals surface area contributed by atoms with Crippen LogP contribution in [0.15, 0.2) is 35.0 Å². The summed E-state index contributed by atoms with van der Waals surface area (Å²) in [7, 11) is 8.87. The molecule has 14 heteroatoms. The van der Waals surface area contributed by atoms with Crippen LogP contribution in [-0.4, -0.2) is 64.4 Å². The van der Waals surface area contributed by atoms with Crippen molar-refractivity contribution in [2.24, 2.45) is 0 Å². The molecule has 2 heterocycles. The number of anilines is 2. The molecular formula is C26H26N4O8S2. The summed E-state index contributed by atoms with van der Waals surface area (Å²) in [6, 6.07) is 6.20. The Hall–Kier alpha value is -4.56. The second kappa shape index (κ2) is 12.5. The van der Waals surface area contributed by atoms with Gasteiger partial charge in [0.25, 0.3) is 11.8 Å². The number of nitrogens with zero attached hydrogens (tertiary/aromatic N) is 2. The van der Waals surface area contributed by atoms with Crippen LogP contribution < -0.4 is 39.1 Å². The summed E-state index contributed by atoms with van der Waals surface area (Å²) in [4.78, 5) is 34.7. The maximum Gasteiger partial charge on any atom is 0.257 e. The van der Waals surface area contributed by atoms with E-state index in [1.54, 1.807) is 35.0 Å². The van der Waals surface area contributed by atoms with Crippen LogP contribution in [0.5, 0.6) is 34.5 Å². The summed E-state index contributed by atoms with van der Waals surface area (Å²) in [5.41, 5.74) is 1.68. The summed E-state index contributed by atoms with van der Waals surface area (Å²) < 4.78 is 31.9. The molecule has 4 aromatic rings. The lowest BCUT2D eigenvalue weighted by molar-refractivity contribution is 0.101. The number of hydrogen-bond donors (Lipinski definition) is 2. The van der Waals surface area contributed by atoms with Crippen LogP contribution >= 0.6 is 22.7 Å². The number of ether oxygens (including phenoxy) is 6. The van der Waals surface area contributed by atoms with Crippen molar-refractivity contribution in [1.29, 1.82) is 0 Å². The molecule has 2 aromatic carbocycles. The molecule has 0 saturated carbocycles. The first-order valence-electron chi connectivity index (χ1n) is 11.5. The molecule has 4 rings (SSSR count). The van der Waals surface area contributed by atoms with E-state index in [4.69, 9.17) is 28.4 Å². The molecule has 0 aliphatic carbocycles. The quantitative estimate of drug-likeness (QED) is 0.251. The molecule has 0 saturated heterocycles. The Bertz CT molecular complexity index is 1370. The maximum absolute atomic E-state index is 12.9. The number of benzene rings is 2. The zero-order valence-electron chi connectivity index (χ0n) is 22.4. The van der Waals surface area contributed by atoms with E-state index in [1.165, 1.54) is 65.3 Å². The van der Waals surface area contributed by atoms with Crippen molar-refractivity contribution < 1.29 is 38.0 Å². The molecule has 0 bridgehead atoms. The van der Waals surface area contributed by atoms with Crippen LogP contribution in [0.1, 0.15) is 20.7 Å². The van der Waals surface area contributed by atoms with Crippen LogP contribution in [0.3, 0.4) is 0 Å². The zero-order chi connectivity index (χ0) is 28.8. The van der Waals surface area contributed by atoms with Crippen LogP contribution in [0, 0.1) is 0 Å². The topological polar surface area (TPSA) is 139 Å². The fourth-order valence-electron chi connectivity index (χ4n) is 3.66. The van der Waals surface area contributed by atoms with Gasteiger partial charge in [0.1, 0.15) is 11.4 Å². The lowest BCUT2D eigenvalue weighted by Crippen LogP contribution is -2.12. The SMILES string of the molecule is COc1cc(C(=O)Nc2nc(-c3csc(NC(=O)c4cc(OC)c(OC)c(OC)c4)n3)cs2)cc(OC)c1OC. The minimum absolute atomic E-state index is 0.302. The molecule has 2 amide bonds. The van der Waals surface area contributed by atoms with Gasteiger partial charge in [0.05, 0.1) is 42.7 Å². The van der Waals surface area contributed by atoms with E-state index in [0.717, 1.165) is 0 Å². The van der Waals surface area contributed by atoms with E-state index < -0.39 is 11.8 Å². The van der Waals surface area contributed by atoms with Gasteiger partial charge in [-0.3, -0.25) is 20.2 Å². The maximum atomic E-state index is 12.9. The average molecular weight is 587 g/mol.